The van der Waals surface area contributed by atoms with E-state index in [0.717, 1.165) is 37.6 Å². The first-order chi connectivity index (χ1) is 12.2. The lowest BCUT2D eigenvalue weighted by molar-refractivity contribution is -0.149. The number of thioether (sulfide) groups is 1. The van der Waals surface area contributed by atoms with Crippen molar-refractivity contribution in [2.75, 3.05) is 39.0 Å². The van der Waals surface area contributed by atoms with E-state index in [1.165, 1.54) is 17.8 Å². The Morgan fingerprint density at radius 2 is 2.08 bits per heavy atom. The van der Waals surface area contributed by atoms with Crippen LogP contribution in [0.5, 0.6) is 0 Å². The molecule has 1 heterocycles. The van der Waals surface area contributed by atoms with E-state index in [-0.39, 0.29) is 41.7 Å². The number of piperidine rings is 1. The summed E-state index contributed by atoms with van der Waals surface area (Å²) in [7, 11) is 1.75. The van der Waals surface area contributed by atoms with Gasteiger partial charge in [-0.2, -0.15) is 0 Å². The standard InChI is InChI=1S/C18H26FN3O2S.HI/c1-3-24-17(23)14-8-11-22(12-9-14)18(20-2)21-10-13-25-16-7-5-4-6-15(16)19;/h4-7,14H,3,8-13H2,1-2H3,(H,20,21);1H. The molecule has 0 bridgehead atoms. The number of nitrogens with zero attached hydrogens (tertiary/aromatic N) is 2. The smallest absolute Gasteiger partial charge is 0.309 e. The van der Waals surface area contributed by atoms with Gasteiger partial charge >= 0.3 is 5.97 Å². The molecule has 1 aliphatic heterocycles. The molecule has 0 unspecified atom stereocenters. The van der Waals surface area contributed by atoms with Gasteiger partial charge in [-0.3, -0.25) is 9.79 Å². The number of aliphatic imine (C=N–C) groups is 1. The number of carbonyl (C=O) groups excluding carboxylic acids is 1. The van der Waals surface area contributed by atoms with Crippen molar-refractivity contribution in [2.45, 2.75) is 24.7 Å². The minimum atomic E-state index is -0.182. The predicted molar refractivity (Wildman–Crippen MR) is 115 cm³/mol. The number of hydrogen-bond acceptors (Lipinski definition) is 4. The van der Waals surface area contributed by atoms with Gasteiger partial charge in [0.25, 0.3) is 0 Å². The molecule has 8 heteroatoms. The van der Waals surface area contributed by atoms with Crippen LogP contribution in [-0.4, -0.2) is 55.9 Å². The first kappa shape index (κ1) is 23.0. The quantitative estimate of drug-likeness (QED) is 0.164. The summed E-state index contributed by atoms with van der Waals surface area (Å²) in [4.78, 5) is 18.9. The molecule has 0 spiro atoms. The Labute approximate surface area is 176 Å². The maximum absolute atomic E-state index is 13.6. The van der Waals surface area contributed by atoms with E-state index in [0.29, 0.717) is 18.0 Å². The monoisotopic (exact) mass is 495 g/mol. The van der Waals surface area contributed by atoms with Crippen LogP contribution in [0.15, 0.2) is 34.2 Å². The number of hydrogen-bond donors (Lipinski definition) is 1. The average molecular weight is 495 g/mol. The van der Waals surface area contributed by atoms with E-state index >= 15 is 0 Å². The Morgan fingerprint density at radius 1 is 1.38 bits per heavy atom. The third kappa shape index (κ3) is 6.94. The summed E-state index contributed by atoms with van der Waals surface area (Å²) >= 11 is 1.48. The molecule has 1 N–H and O–H groups in total. The summed E-state index contributed by atoms with van der Waals surface area (Å²) in [5, 5.41) is 3.31. The highest BCUT2D eigenvalue weighted by Gasteiger charge is 2.27. The Morgan fingerprint density at radius 3 is 2.69 bits per heavy atom. The molecule has 1 aromatic carbocycles. The van der Waals surface area contributed by atoms with Gasteiger partial charge in [-0.25, -0.2) is 4.39 Å². The second-order valence-electron chi connectivity index (χ2n) is 5.77. The number of rotatable bonds is 6. The van der Waals surface area contributed by atoms with Gasteiger partial charge < -0.3 is 15.0 Å². The second-order valence-corrected chi connectivity index (χ2v) is 6.90. The Kier molecular flexibility index (Phi) is 11.0. The van der Waals surface area contributed by atoms with E-state index in [1.54, 1.807) is 19.2 Å². The molecule has 146 valence electrons. The molecule has 0 aromatic heterocycles. The van der Waals surface area contributed by atoms with E-state index in [4.69, 9.17) is 4.74 Å². The SMILES string of the molecule is CCOC(=O)C1CCN(C(=NC)NCCSc2ccccc2F)CC1.I. The van der Waals surface area contributed by atoms with Crippen molar-refractivity contribution in [2.24, 2.45) is 10.9 Å². The molecule has 0 aliphatic carbocycles. The average Bonchev–Trinajstić information content (AvgIpc) is 2.63. The third-order valence-electron chi connectivity index (χ3n) is 4.11. The summed E-state index contributed by atoms with van der Waals surface area (Å²) in [6.45, 7) is 4.52. The zero-order chi connectivity index (χ0) is 18.1. The second kappa shape index (κ2) is 12.4. The van der Waals surface area contributed by atoms with Crippen molar-refractivity contribution in [3.05, 3.63) is 30.1 Å². The van der Waals surface area contributed by atoms with Gasteiger partial charge in [0.05, 0.1) is 12.5 Å². The first-order valence-corrected chi connectivity index (χ1v) is 9.63. The molecule has 1 aromatic rings. The van der Waals surface area contributed by atoms with Crippen LogP contribution >= 0.6 is 35.7 Å². The molecule has 0 radical (unpaired) electrons. The van der Waals surface area contributed by atoms with Gasteiger partial charge in [0.2, 0.25) is 0 Å². The van der Waals surface area contributed by atoms with Crippen molar-refractivity contribution in [1.29, 1.82) is 0 Å². The van der Waals surface area contributed by atoms with Crippen LogP contribution in [0.2, 0.25) is 0 Å². The molecule has 2 rings (SSSR count). The summed E-state index contributed by atoms with van der Waals surface area (Å²) in [6.07, 6.45) is 1.56. The van der Waals surface area contributed by atoms with E-state index in [9.17, 15) is 9.18 Å². The third-order valence-corrected chi connectivity index (χ3v) is 5.16. The molecule has 0 atom stereocenters. The Balaban J connectivity index is 0.00000338. The Hall–Kier alpha value is -1.03. The number of guanidine groups is 1. The number of likely N-dealkylation sites (tertiary alicyclic amines) is 1. The summed E-state index contributed by atoms with van der Waals surface area (Å²) < 4.78 is 18.7. The summed E-state index contributed by atoms with van der Waals surface area (Å²) in [5.41, 5.74) is 0. The lowest BCUT2D eigenvalue weighted by atomic mass is 9.97. The molecular formula is C18H27FIN3O2S. The van der Waals surface area contributed by atoms with Gasteiger partial charge in [0.1, 0.15) is 5.82 Å². The van der Waals surface area contributed by atoms with E-state index in [1.807, 2.05) is 13.0 Å². The largest absolute Gasteiger partial charge is 0.466 e. The van der Waals surface area contributed by atoms with Crippen molar-refractivity contribution in [1.82, 2.24) is 10.2 Å². The fourth-order valence-electron chi connectivity index (χ4n) is 2.80. The minimum Gasteiger partial charge on any atom is -0.466 e. The van der Waals surface area contributed by atoms with Crippen LogP contribution in [-0.2, 0) is 9.53 Å². The molecular weight excluding hydrogens is 468 g/mol. The lowest BCUT2D eigenvalue weighted by Crippen LogP contribution is -2.47. The van der Waals surface area contributed by atoms with Gasteiger partial charge in [0, 0.05) is 37.3 Å². The molecule has 5 nitrogen and oxygen atoms in total. The lowest BCUT2D eigenvalue weighted by Gasteiger charge is -2.33. The highest BCUT2D eigenvalue weighted by molar-refractivity contribution is 14.0. The van der Waals surface area contributed by atoms with Gasteiger partial charge in [-0.15, -0.1) is 35.7 Å². The van der Waals surface area contributed by atoms with Crippen LogP contribution in [0, 0.1) is 11.7 Å². The summed E-state index contributed by atoms with van der Waals surface area (Å²) in [6, 6.07) is 6.79. The first-order valence-electron chi connectivity index (χ1n) is 8.65. The maximum Gasteiger partial charge on any atom is 0.309 e. The molecule has 0 saturated carbocycles. The Bertz CT molecular complexity index is 596. The van der Waals surface area contributed by atoms with Gasteiger partial charge in [0.15, 0.2) is 5.96 Å². The number of ether oxygens (including phenoxy) is 1. The molecule has 1 aliphatic rings. The number of benzene rings is 1. The van der Waals surface area contributed by atoms with E-state index < -0.39 is 0 Å². The zero-order valence-corrected chi connectivity index (χ0v) is 18.4. The van der Waals surface area contributed by atoms with Crippen molar-refractivity contribution >= 4 is 47.7 Å². The van der Waals surface area contributed by atoms with Crippen LogP contribution < -0.4 is 5.32 Å². The normalized spacial score (nSPS) is 15.3. The van der Waals surface area contributed by atoms with Crippen molar-refractivity contribution in [3.8, 4) is 0 Å². The van der Waals surface area contributed by atoms with Gasteiger partial charge in [-0.05, 0) is 31.9 Å². The fourth-order valence-corrected chi connectivity index (χ4v) is 3.61. The predicted octanol–water partition coefficient (Wildman–Crippen LogP) is 3.39. The molecule has 26 heavy (non-hydrogen) atoms. The zero-order valence-electron chi connectivity index (χ0n) is 15.2. The van der Waals surface area contributed by atoms with Crippen molar-refractivity contribution < 1.29 is 13.9 Å². The topological polar surface area (TPSA) is 53.9 Å². The summed E-state index contributed by atoms with van der Waals surface area (Å²) in [5.74, 6) is 1.30. The fraction of sp³-hybridized carbons (Fsp3) is 0.556. The molecule has 1 saturated heterocycles. The number of esters is 1. The van der Waals surface area contributed by atoms with Gasteiger partial charge in [-0.1, -0.05) is 12.1 Å². The molecule has 1 fully saturated rings. The maximum atomic E-state index is 13.6. The number of halogens is 2. The number of carbonyl (C=O) groups is 1. The van der Waals surface area contributed by atoms with E-state index in [2.05, 4.69) is 15.2 Å². The van der Waals surface area contributed by atoms with Crippen LogP contribution in [0.4, 0.5) is 4.39 Å². The van der Waals surface area contributed by atoms with Crippen molar-refractivity contribution in [3.63, 3.8) is 0 Å². The minimum absolute atomic E-state index is 0. The highest BCUT2D eigenvalue weighted by atomic mass is 127. The molecule has 0 amide bonds. The van der Waals surface area contributed by atoms with Crippen LogP contribution in [0.1, 0.15) is 19.8 Å². The van der Waals surface area contributed by atoms with Crippen LogP contribution in [0.25, 0.3) is 0 Å². The number of nitrogens with one attached hydrogen (secondary N) is 1. The van der Waals surface area contributed by atoms with Crippen LogP contribution in [0.3, 0.4) is 0 Å². The highest BCUT2D eigenvalue weighted by Crippen LogP contribution is 2.21.